The Bertz CT molecular complexity index is 575. The summed E-state index contributed by atoms with van der Waals surface area (Å²) in [5, 5.41) is 11.1. The van der Waals surface area contributed by atoms with Crippen molar-refractivity contribution in [2.45, 2.75) is 26.9 Å². The molecule has 0 heterocycles. The van der Waals surface area contributed by atoms with E-state index in [4.69, 9.17) is 11.6 Å². The van der Waals surface area contributed by atoms with Gasteiger partial charge in [0.05, 0.1) is 0 Å². The molecule has 0 bridgehead atoms. The van der Waals surface area contributed by atoms with Crippen molar-refractivity contribution in [3.63, 3.8) is 0 Å². The van der Waals surface area contributed by atoms with Gasteiger partial charge in [0, 0.05) is 10.6 Å². The third kappa shape index (κ3) is 2.43. The smallest absolute Gasteiger partial charge is 0.106 e. The highest BCUT2D eigenvalue weighted by Gasteiger charge is 2.16. The molecule has 0 fully saturated rings. The van der Waals surface area contributed by atoms with Crippen LogP contribution in [0, 0.1) is 20.8 Å². The first kappa shape index (κ1) is 13.1. The molecule has 0 radical (unpaired) electrons. The Labute approximate surface area is 113 Å². The zero-order valence-electron chi connectivity index (χ0n) is 10.9. The summed E-state index contributed by atoms with van der Waals surface area (Å²) in [6.07, 6.45) is -0.669. The minimum Gasteiger partial charge on any atom is -0.384 e. The molecule has 0 amide bonds. The number of aliphatic hydroxyl groups is 1. The molecule has 2 aromatic carbocycles. The van der Waals surface area contributed by atoms with Crippen LogP contribution in [0.15, 0.2) is 36.4 Å². The Kier molecular flexibility index (Phi) is 3.74. The van der Waals surface area contributed by atoms with Crippen LogP contribution >= 0.6 is 11.6 Å². The monoisotopic (exact) mass is 260 g/mol. The lowest BCUT2D eigenvalue weighted by Gasteiger charge is -2.17. The van der Waals surface area contributed by atoms with Crippen molar-refractivity contribution in [1.29, 1.82) is 0 Å². The van der Waals surface area contributed by atoms with Gasteiger partial charge in [-0.2, -0.15) is 0 Å². The van der Waals surface area contributed by atoms with Crippen molar-refractivity contribution < 1.29 is 5.11 Å². The Morgan fingerprint density at radius 3 is 2.39 bits per heavy atom. The minimum absolute atomic E-state index is 0.614. The van der Waals surface area contributed by atoms with E-state index in [-0.39, 0.29) is 0 Å². The zero-order chi connectivity index (χ0) is 13.3. The van der Waals surface area contributed by atoms with E-state index in [1.807, 2.05) is 57.2 Å². The van der Waals surface area contributed by atoms with Gasteiger partial charge in [0.1, 0.15) is 6.10 Å². The molecule has 0 aromatic heterocycles. The van der Waals surface area contributed by atoms with Gasteiger partial charge in [-0.25, -0.2) is 0 Å². The fourth-order valence-electron chi connectivity index (χ4n) is 2.09. The van der Waals surface area contributed by atoms with E-state index in [1.165, 1.54) is 5.56 Å². The van der Waals surface area contributed by atoms with Crippen LogP contribution in [0.4, 0.5) is 0 Å². The van der Waals surface area contributed by atoms with Crippen molar-refractivity contribution in [1.82, 2.24) is 0 Å². The van der Waals surface area contributed by atoms with Gasteiger partial charge in [0.2, 0.25) is 0 Å². The number of benzene rings is 2. The first-order chi connectivity index (χ1) is 8.50. The van der Waals surface area contributed by atoms with Crippen molar-refractivity contribution in [2.75, 3.05) is 0 Å². The first-order valence-corrected chi connectivity index (χ1v) is 6.38. The maximum absolute atomic E-state index is 10.5. The van der Waals surface area contributed by atoms with Crippen molar-refractivity contribution in [3.05, 3.63) is 69.2 Å². The molecule has 1 unspecified atom stereocenters. The standard InChI is InChI=1S/C16H17ClO/c1-10-7-8-14(15(17)9-10)16(18)13-6-4-5-11(2)12(13)3/h4-9,16,18H,1-3H3. The Balaban J connectivity index is 2.48. The van der Waals surface area contributed by atoms with Gasteiger partial charge in [0.15, 0.2) is 0 Å². The normalized spacial score (nSPS) is 12.5. The quantitative estimate of drug-likeness (QED) is 0.851. The molecule has 0 aliphatic heterocycles. The van der Waals surface area contributed by atoms with Crippen LogP contribution in [-0.4, -0.2) is 5.11 Å². The largest absolute Gasteiger partial charge is 0.384 e. The fourth-order valence-corrected chi connectivity index (χ4v) is 2.43. The van der Waals surface area contributed by atoms with Crippen LogP contribution in [-0.2, 0) is 0 Å². The zero-order valence-corrected chi connectivity index (χ0v) is 11.6. The predicted molar refractivity (Wildman–Crippen MR) is 76.2 cm³/mol. The van der Waals surface area contributed by atoms with Crippen LogP contribution in [0.2, 0.25) is 5.02 Å². The van der Waals surface area contributed by atoms with E-state index in [2.05, 4.69) is 0 Å². The third-order valence-electron chi connectivity index (χ3n) is 3.39. The topological polar surface area (TPSA) is 20.2 Å². The average Bonchev–Trinajstić information content (AvgIpc) is 2.32. The molecular weight excluding hydrogens is 244 g/mol. The van der Waals surface area contributed by atoms with Gasteiger partial charge in [0.25, 0.3) is 0 Å². The SMILES string of the molecule is Cc1ccc(C(O)c2cccc(C)c2C)c(Cl)c1. The Morgan fingerprint density at radius 2 is 1.72 bits per heavy atom. The molecule has 2 rings (SSSR count). The molecule has 18 heavy (non-hydrogen) atoms. The van der Waals surface area contributed by atoms with Gasteiger partial charge < -0.3 is 5.11 Å². The second-order valence-electron chi connectivity index (χ2n) is 4.72. The van der Waals surface area contributed by atoms with Crippen LogP contribution in [0.1, 0.15) is 33.9 Å². The van der Waals surface area contributed by atoms with E-state index in [0.717, 1.165) is 22.3 Å². The van der Waals surface area contributed by atoms with E-state index >= 15 is 0 Å². The summed E-state index contributed by atoms with van der Waals surface area (Å²) < 4.78 is 0. The summed E-state index contributed by atoms with van der Waals surface area (Å²) in [5.41, 5.74) is 5.06. The number of hydrogen-bond donors (Lipinski definition) is 1. The highest BCUT2D eigenvalue weighted by Crippen LogP contribution is 2.31. The number of halogens is 1. The lowest BCUT2D eigenvalue weighted by Crippen LogP contribution is -2.04. The third-order valence-corrected chi connectivity index (χ3v) is 3.72. The van der Waals surface area contributed by atoms with Crippen LogP contribution < -0.4 is 0 Å². The maximum Gasteiger partial charge on any atom is 0.106 e. The van der Waals surface area contributed by atoms with E-state index in [0.29, 0.717) is 5.02 Å². The highest BCUT2D eigenvalue weighted by molar-refractivity contribution is 6.31. The second kappa shape index (κ2) is 5.13. The van der Waals surface area contributed by atoms with E-state index in [1.54, 1.807) is 0 Å². The fraction of sp³-hybridized carbons (Fsp3) is 0.250. The van der Waals surface area contributed by atoms with Crippen molar-refractivity contribution >= 4 is 11.6 Å². The number of hydrogen-bond acceptors (Lipinski definition) is 1. The maximum atomic E-state index is 10.5. The van der Waals surface area contributed by atoms with Crippen molar-refractivity contribution in [2.24, 2.45) is 0 Å². The minimum atomic E-state index is -0.669. The molecule has 1 N–H and O–H groups in total. The molecule has 0 spiro atoms. The number of aryl methyl sites for hydroxylation is 2. The lowest BCUT2D eigenvalue weighted by atomic mass is 9.94. The van der Waals surface area contributed by atoms with Crippen molar-refractivity contribution in [3.8, 4) is 0 Å². The molecule has 1 nitrogen and oxygen atoms in total. The van der Waals surface area contributed by atoms with E-state index in [9.17, 15) is 5.11 Å². The molecule has 1 atom stereocenters. The Hall–Kier alpha value is -1.31. The highest BCUT2D eigenvalue weighted by atomic mass is 35.5. The predicted octanol–water partition coefficient (Wildman–Crippen LogP) is 4.35. The number of aliphatic hydroxyl groups excluding tert-OH is 1. The molecule has 0 aliphatic carbocycles. The van der Waals surface area contributed by atoms with Crippen LogP contribution in [0.25, 0.3) is 0 Å². The molecule has 0 saturated carbocycles. The van der Waals surface area contributed by atoms with Crippen LogP contribution in [0.5, 0.6) is 0 Å². The van der Waals surface area contributed by atoms with Gasteiger partial charge in [-0.05, 0) is 49.1 Å². The second-order valence-corrected chi connectivity index (χ2v) is 5.12. The summed E-state index contributed by atoms with van der Waals surface area (Å²) in [5.74, 6) is 0. The van der Waals surface area contributed by atoms with Gasteiger partial charge in [-0.3, -0.25) is 0 Å². The summed E-state index contributed by atoms with van der Waals surface area (Å²) in [6, 6.07) is 11.7. The molecule has 94 valence electrons. The van der Waals surface area contributed by atoms with Gasteiger partial charge >= 0.3 is 0 Å². The molecular formula is C16H17ClO. The summed E-state index contributed by atoms with van der Waals surface area (Å²) in [4.78, 5) is 0. The summed E-state index contributed by atoms with van der Waals surface area (Å²) >= 11 is 6.21. The van der Waals surface area contributed by atoms with Gasteiger partial charge in [-0.1, -0.05) is 41.9 Å². The number of rotatable bonds is 2. The summed E-state index contributed by atoms with van der Waals surface area (Å²) in [6.45, 7) is 6.05. The molecule has 0 saturated heterocycles. The average molecular weight is 261 g/mol. The molecule has 0 aliphatic rings. The lowest BCUT2D eigenvalue weighted by molar-refractivity contribution is 0.219. The summed E-state index contributed by atoms with van der Waals surface area (Å²) in [7, 11) is 0. The molecule has 2 aromatic rings. The van der Waals surface area contributed by atoms with E-state index < -0.39 is 6.10 Å². The Morgan fingerprint density at radius 1 is 1.00 bits per heavy atom. The first-order valence-electron chi connectivity index (χ1n) is 6.01. The molecule has 2 heteroatoms. The van der Waals surface area contributed by atoms with Gasteiger partial charge in [-0.15, -0.1) is 0 Å². The van der Waals surface area contributed by atoms with Crippen LogP contribution in [0.3, 0.4) is 0 Å².